The number of hydrogen-bond donors (Lipinski definition) is 3. The van der Waals surface area contributed by atoms with Crippen molar-refractivity contribution in [1.29, 1.82) is 0 Å². The van der Waals surface area contributed by atoms with Gasteiger partial charge in [0.25, 0.3) is 0 Å². The van der Waals surface area contributed by atoms with Crippen LogP contribution in [0, 0.1) is 5.41 Å². The van der Waals surface area contributed by atoms with Crippen LogP contribution in [-0.2, 0) is 19.4 Å². The van der Waals surface area contributed by atoms with E-state index in [-0.39, 0.29) is 59.3 Å². The summed E-state index contributed by atoms with van der Waals surface area (Å²) in [5.41, 5.74) is 0.262. The van der Waals surface area contributed by atoms with Gasteiger partial charge in [-0.05, 0) is 38.0 Å². The average Bonchev–Trinajstić information content (AvgIpc) is 3.25. The molecule has 0 spiro atoms. The van der Waals surface area contributed by atoms with E-state index < -0.39 is 9.84 Å². The summed E-state index contributed by atoms with van der Waals surface area (Å²) in [7, 11) is -1.25. The number of sulfone groups is 1. The first-order valence-electron chi connectivity index (χ1n) is 10.4. The smallest absolute Gasteiger partial charge is 0.222 e. The van der Waals surface area contributed by atoms with Crippen molar-refractivity contribution in [3.05, 3.63) is 0 Å². The summed E-state index contributed by atoms with van der Waals surface area (Å²) in [5.74, 6) is 0.782. The highest BCUT2D eigenvalue weighted by Gasteiger charge is 2.33. The molecule has 1 aliphatic carbocycles. The Labute approximate surface area is 192 Å². The van der Waals surface area contributed by atoms with Crippen molar-refractivity contribution in [2.45, 2.75) is 57.9 Å². The third-order valence-corrected chi connectivity index (χ3v) is 7.51. The third-order valence-electron chi connectivity index (χ3n) is 5.74. The van der Waals surface area contributed by atoms with Crippen LogP contribution >= 0.6 is 24.0 Å². The molecule has 170 valence electrons. The van der Waals surface area contributed by atoms with E-state index in [1.54, 1.807) is 7.05 Å². The first kappa shape index (κ1) is 26.4. The van der Waals surface area contributed by atoms with Gasteiger partial charge in [0, 0.05) is 45.8 Å². The Bertz CT molecular complexity index is 636. The molecule has 1 atom stereocenters. The number of carbonyl (C=O) groups excluding carboxylic acids is 1. The summed E-state index contributed by atoms with van der Waals surface area (Å²) >= 11 is 0. The minimum absolute atomic E-state index is 0. The minimum Gasteiger partial charge on any atom is -0.382 e. The Kier molecular flexibility index (Phi) is 11.8. The summed E-state index contributed by atoms with van der Waals surface area (Å²) in [5, 5.41) is 9.39. The quantitative estimate of drug-likeness (QED) is 0.166. The Morgan fingerprint density at radius 2 is 1.97 bits per heavy atom. The Hall–Kier alpha value is -0.620. The fourth-order valence-corrected chi connectivity index (χ4v) is 5.74. The highest BCUT2D eigenvalue weighted by Crippen LogP contribution is 2.40. The second-order valence-electron chi connectivity index (χ2n) is 7.92. The van der Waals surface area contributed by atoms with Gasteiger partial charge in [-0.3, -0.25) is 9.79 Å². The van der Waals surface area contributed by atoms with Crippen LogP contribution in [0.3, 0.4) is 0 Å². The molecule has 0 radical (unpaired) electrons. The van der Waals surface area contributed by atoms with E-state index in [4.69, 9.17) is 4.74 Å². The lowest BCUT2D eigenvalue weighted by atomic mass is 9.83. The predicted octanol–water partition coefficient (Wildman–Crippen LogP) is 1.45. The molecule has 8 nitrogen and oxygen atoms in total. The van der Waals surface area contributed by atoms with Crippen molar-refractivity contribution in [1.82, 2.24) is 16.0 Å². The Morgan fingerprint density at radius 3 is 2.55 bits per heavy atom. The lowest BCUT2D eigenvalue weighted by Gasteiger charge is -2.30. The van der Waals surface area contributed by atoms with Crippen LogP contribution < -0.4 is 16.0 Å². The Morgan fingerprint density at radius 1 is 1.24 bits per heavy atom. The van der Waals surface area contributed by atoms with E-state index in [1.807, 2.05) is 6.92 Å². The van der Waals surface area contributed by atoms with Gasteiger partial charge < -0.3 is 20.7 Å². The number of rotatable bonds is 10. The normalized spacial score (nSPS) is 22.7. The summed E-state index contributed by atoms with van der Waals surface area (Å²) in [6.07, 6.45) is 6.78. The second kappa shape index (κ2) is 12.9. The van der Waals surface area contributed by atoms with Gasteiger partial charge in [0.1, 0.15) is 0 Å². The van der Waals surface area contributed by atoms with Crippen molar-refractivity contribution in [2.75, 3.05) is 44.9 Å². The fraction of sp³-hybridized carbons (Fsp3) is 0.895. The summed E-state index contributed by atoms with van der Waals surface area (Å²) < 4.78 is 28.5. The maximum Gasteiger partial charge on any atom is 0.222 e. The molecular weight excluding hydrogens is 507 g/mol. The molecular formula is C19H37IN4O4S. The van der Waals surface area contributed by atoms with E-state index >= 15 is 0 Å². The number of aliphatic imine (C=N–C) groups is 1. The minimum atomic E-state index is -2.98. The van der Waals surface area contributed by atoms with Crippen molar-refractivity contribution >= 4 is 45.7 Å². The highest BCUT2D eigenvalue weighted by atomic mass is 127. The monoisotopic (exact) mass is 544 g/mol. The van der Waals surface area contributed by atoms with Crippen LogP contribution in [0.25, 0.3) is 0 Å². The largest absolute Gasteiger partial charge is 0.382 e. The van der Waals surface area contributed by atoms with Gasteiger partial charge in [-0.2, -0.15) is 0 Å². The zero-order valence-electron chi connectivity index (χ0n) is 17.7. The van der Waals surface area contributed by atoms with Gasteiger partial charge in [-0.25, -0.2) is 8.42 Å². The lowest BCUT2D eigenvalue weighted by molar-refractivity contribution is -0.121. The zero-order valence-corrected chi connectivity index (χ0v) is 20.8. The molecule has 2 aliphatic rings. The number of guanidine groups is 1. The number of hydrogen-bond acceptors (Lipinski definition) is 5. The molecule has 1 saturated heterocycles. The summed E-state index contributed by atoms with van der Waals surface area (Å²) in [6, 6.07) is -0.248. The molecule has 0 aromatic heterocycles. The molecule has 3 N–H and O–H groups in total. The van der Waals surface area contributed by atoms with E-state index in [1.165, 1.54) is 25.7 Å². The number of amides is 1. The van der Waals surface area contributed by atoms with Crippen molar-refractivity contribution in [2.24, 2.45) is 10.4 Å². The molecule has 1 unspecified atom stereocenters. The molecule has 0 aromatic carbocycles. The molecule has 1 aliphatic heterocycles. The van der Waals surface area contributed by atoms with Crippen molar-refractivity contribution in [3.8, 4) is 0 Å². The molecule has 29 heavy (non-hydrogen) atoms. The molecule has 1 saturated carbocycles. The highest BCUT2D eigenvalue weighted by molar-refractivity contribution is 14.0. The van der Waals surface area contributed by atoms with E-state index in [0.29, 0.717) is 18.9 Å². The summed E-state index contributed by atoms with van der Waals surface area (Å²) in [6.45, 7) is 4.87. The number of nitrogens with one attached hydrogen (secondary N) is 3. The number of nitrogens with zero attached hydrogens (tertiary/aromatic N) is 1. The maximum atomic E-state index is 12.0. The first-order chi connectivity index (χ1) is 13.4. The molecule has 10 heteroatoms. The molecule has 0 aromatic rings. The number of carbonyl (C=O) groups is 1. The predicted molar refractivity (Wildman–Crippen MR) is 127 cm³/mol. The van der Waals surface area contributed by atoms with Crippen LogP contribution in [0.15, 0.2) is 4.99 Å². The number of ether oxygens (including phenoxy) is 1. The zero-order chi connectivity index (χ0) is 20.5. The Balaban J connectivity index is 0.00000420. The van der Waals surface area contributed by atoms with Gasteiger partial charge in [0.2, 0.25) is 5.91 Å². The molecule has 2 rings (SSSR count). The van der Waals surface area contributed by atoms with Crippen LogP contribution in [0.4, 0.5) is 0 Å². The maximum absolute atomic E-state index is 12.0. The number of halogens is 1. The first-order valence-corrected chi connectivity index (χ1v) is 12.2. The SMILES string of the molecule is CCOCCC1(CNC(=NC)NCCC(=O)NC2CCS(=O)(=O)C2)CCCC1.I. The van der Waals surface area contributed by atoms with Crippen LogP contribution in [0.1, 0.15) is 51.9 Å². The van der Waals surface area contributed by atoms with Gasteiger partial charge in [0.15, 0.2) is 15.8 Å². The van der Waals surface area contributed by atoms with Gasteiger partial charge in [0.05, 0.1) is 11.5 Å². The van der Waals surface area contributed by atoms with Crippen LogP contribution in [0.5, 0.6) is 0 Å². The van der Waals surface area contributed by atoms with E-state index in [9.17, 15) is 13.2 Å². The van der Waals surface area contributed by atoms with Gasteiger partial charge in [-0.15, -0.1) is 24.0 Å². The topological polar surface area (TPSA) is 109 Å². The molecule has 0 bridgehead atoms. The van der Waals surface area contributed by atoms with Crippen LogP contribution in [-0.4, -0.2) is 71.2 Å². The molecule has 2 fully saturated rings. The second-order valence-corrected chi connectivity index (χ2v) is 10.2. The fourth-order valence-electron chi connectivity index (χ4n) is 4.07. The van der Waals surface area contributed by atoms with E-state index in [0.717, 1.165) is 26.2 Å². The van der Waals surface area contributed by atoms with Crippen molar-refractivity contribution in [3.63, 3.8) is 0 Å². The summed E-state index contributed by atoms with van der Waals surface area (Å²) in [4.78, 5) is 16.3. The lowest BCUT2D eigenvalue weighted by Crippen LogP contribution is -2.44. The average molecular weight is 545 g/mol. The molecule has 1 amide bonds. The third kappa shape index (κ3) is 9.37. The van der Waals surface area contributed by atoms with E-state index in [2.05, 4.69) is 20.9 Å². The molecule has 1 heterocycles. The van der Waals surface area contributed by atoms with Gasteiger partial charge >= 0.3 is 0 Å². The van der Waals surface area contributed by atoms with Gasteiger partial charge in [-0.1, -0.05) is 12.8 Å². The van der Waals surface area contributed by atoms with Crippen LogP contribution in [0.2, 0.25) is 0 Å². The van der Waals surface area contributed by atoms with Crippen molar-refractivity contribution < 1.29 is 17.9 Å². The standard InChI is InChI=1S/C19H36N4O4S.HI/c1-3-27-12-10-19(8-4-5-9-19)15-22-18(20-2)21-11-6-17(24)23-16-7-13-28(25,26)14-16;/h16H,3-15H2,1-2H3,(H,23,24)(H2,20,21,22);1H.